The van der Waals surface area contributed by atoms with Gasteiger partial charge in [-0.15, -0.1) is 0 Å². The Balaban J connectivity index is 1.84. The lowest BCUT2D eigenvalue weighted by molar-refractivity contribution is -0.0149. The monoisotopic (exact) mass is 248 g/mol. The molecule has 2 atom stereocenters. The fraction of sp³-hybridized carbons (Fsp3) is 0.533. The quantitative estimate of drug-likeness (QED) is 0.751. The molecule has 1 aromatic carbocycles. The van der Waals surface area contributed by atoms with Gasteiger partial charge in [0.05, 0.1) is 17.8 Å². The molecule has 2 heterocycles. The van der Waals surface area contributed by atoms with Crippen LogP contribution in [-0.2, 0) is 4.74 Å². The van der Waals surface area contributed by atoms with Gasteiger partial charge in [-0.25, -0.2) is 4.39 Å². The van der Waals surface area contributed by atoms with Gasteiger partial charge in [0.15, 0.2) is 5.78 Å². The molecule has 0 aromatic heterocycles. The predicted octanol–water partition coefficient (Wildman–Crippen LogP) is 3.27. The molecule has 2 aliphatic heterocycles. The highest BCUT2D eigenvalue weighted by Gasteiger charge is 2.38. The van der Waals surface area contributed by atoms with E-state index in [1.54, 1.807) is 12.1 Å². The molecule has 0 saturated carbocycles. The molecule has 0 amide bonds. The van der Waals surface area contributed by atoms with Gasteiger partial charge in [0.25, 0.3) is 0 Å². The zero-order valence-electron chi connectivity index (χ0n) is 10.5. The van der Waals surface area contributed by atoms with E-state index in [1.807, 2.05) is 6.92 Å². The Morgan fingerprint density at radius 3 is 2.61 bits per heavy atom. The minimum atomic E-state index is -0.399. The maximum absolute atomic E-state index is 13.7. The molecule has 2 fully saturated rings. The van der Waals surface area contributed by atoms with Crippen molar-refractivity contribution in [3.8, 4) is 0 Å². The molecule has 3 heteroatoms. The van der Waals surface area contributed by atoms with E-state index in [4.69, 9.17) is 4.74 Å². The van der Waals surface area contributed by atoms with Gasteiger partial charge >= 0.3 is 0 Å². The van der Waals surface area contributed by atoms with Crippen LogP contribution < -0.4 is 0 Å². The Bertz CT molecular complexity index is 471. The Morgan fingerprint density at radius 1 is 1.28 bits per heavy atom. The van der Waals surface area contributed by atoms with E-state index in [-0.39, 0.29) is 29.5 Å². The van der Waals surface area contributed by atoms with Crippen molar-refractivity contribution in [2.45, 2.75) is 44.8 Å². The van der Waals surface area contributed by atoms with E-state index in [2.05, 4.69) is 0 Å². The van der Waals surface area contributed by atoms with Crippen LogP contribution in [0.3, 0.4) is 0 Å². The summed E-state index contributed by atoms with van der Waals surface area (Å²) < 4.78 is 19.5. The van der Waals surface area contributed by atoms with Gasteiger partial charge in [-0.05, 0) is 44.7 Å². The lowest BCUT2D eigenvalue weighted by Gasteiger charge is -2.27. The average Bonchev–Trinajstić information content (AvgIpc) is 2.70. The fourth-order valence-corrected chi connectivity index (χ4v) is 3.12. The summed E-state index contributed by atoms with van der Waals surface area (Å²) in [4.78, 5) is 12.4. The highest BCUT2D eigenvalue weighted by molar-refractivity contribution is 5.98. The molecule has 18 heavy (non-hydrogen) atoms. The van der Waals surface area contributed by atoms with Crippen LogP contribution >= 0.6 is 0 Å². The molecule has 0 aliphatic carbocycles. The number of carbonyl (C=O) groups excluding carboxylic acids is 1. The Morgan fingerprint density at radius 2 is 1.94 bits per heavy atom. The molecule has 0 spiro atoms. The molecule has 2 saturated heterocycles. The standard InChI is InChI=1S/C15H17FO2/c1-9-2-5-14(16)13(6-9)15(17)10-7-11-3-4-12(8-10)18-11/h2,5-6,10-12H,3-4,7-8H2,1H3. The zero-order valence-corrected chi connectivity index (χ0v) is 10.5. The van der Waals surface area contributed by atoms with Crippen molar-refractivity contribution in [3.05, 3.63) is 35.1 Å². The molecule has 2 bridgehead atoms. The van der Waals surface area contributed by atoms with Gasteiger partial charge in [-0.3, -0.25) is 4.79 Å². The largest absolute Gasteiger partial charge is 0.375 e. The molecule has 1 aromatic rings. The summed E-state index contributed by atoms with van der Waals surface area (Å²) in [5, 5.41) is 0. The maximum Gasteiger partial charge on any atom is 0.169 e. The first-order chi connectivity index (χ1) is 8.63. The van der Waals surface area contributed by atoms with Crippen molar-refractivity contribution in [3.63, 3.8) is 0 Å². The summed E-state index contributed by atoms with van der Waals surface area (Å²) >= 11 is 0. The smallest absolute Gasteiger partial charge is 0.169 e. The zero-order chi connectivity index (χ0) is 12.7. The summed E-state index contributed by atoms with van der Waals surface area (Å²) in [5.41, 5.74) is 1.18. The number of fused-ring (bicyclic) bond motifs is 2. The first kappa shape index (κ1) is 11.8. The topological polar surface area (TPSA) is 26.3 Å². The number of hydrogen-bond donors (Lipinski definition) is 0. The normalized spacial score (nSPS) is 30.4. The third-order valence-electron chi connectivity index (χ3n) is 4.05. The molecule has 3 rings (SSSR count). The van der Waals surface area contributed by atoms with Crippen LogP contribution in [0.2, 0.25) is 0 Å². The third-order valence-corrected chi connectivity index (χ3v) is 4.05. The maximum atomic E-state index is 13.7. The number of Topliss-reactive ketones (excluding diaryl/α,β-unsaturated/α-hetero) is 1. The number of ketones is 1. The van der Waals surface area contributed by atoms with Crippen LogP contribution in [0.1, 0.15) is 41.6 Å². The highest BCUT2D eigenvalue weighted by atomic mass is 19.1. The number of rotatable bonds is 2. The van der Waals surface area contributed by atoms with Crippen molar-refractivity contribution in [1.82, 2.24) is 0 Å². The van der Waals surface area contributed by atoms with Crippen LogP contribution in [-0.4, -0.2) is 18.0 Å². The number of aryl methyl sites for hydroxylation is 1. The van der Waals surface area contributed by atoms with E-state index < -0.39 is 5.82 Å². The van der Waals surface area contributed by atoms with Crippen LogP contribution in [0.4, 0.5) is 4.39 Å². The third kappa shape index (κ3) is 2.07. The first-order valence-corrected chi connectivity index (χ1v) is 6.59. The van der Waals surface area contributed by atoms with Crippen molar-refractivity contribution in [2.24, 2.45) is 5.92 Å². The summed E-state index contributed by atoms with van der Waals surface area (Å²) in [5.74, 6) is -0.506. The molecular formula is C15H17FO2. The lowest BCUT2D eigenvalue weighted by Crippen LogP contribution is -2.30. The van der Waals surface area contributed by atoms with Crippen LogP contribution in [0.15, 0.2) is 18.2 Å². The minimum absolute atomic E-state index is 0.0450. The molecule has 2 aliphatic rings. The van der Waals surface area contributed by atoms with Gasteiger partial charge in [0, 0.05) is 5.92 Å². The number of hydrogen-bond acceptors (Lipinski definition) is 2. The summed E-state index contributed by atoms with van der Waals surface area (Å²) in [6, 6.07) is 4.74. The predicted molar refractivity (Wildman–Crippen MR) is 66.1 cm³/mol. The van der Waals surface area contributed by atoms with Crippen LogP contribution in [0.25, 0.3) is 0 Å². The van der Waals surface area contributed by atoms with E-state index in [9.17, 15) is 9.18 Å². The minimum Gasteiger partial charge on any atom is -0.375 e. The van der Waals surface area contributed by atoms with Crippen LogP contribution in [0, 0.1) is 18.7 Å². The number of carbonyl (C=O) groups is 1. The molecule has 96 valence electrons. The van der Waals surface area contributed by atoms with Gasteiger partial charge in [0.2, 0.25) is 0 Å². The SMILES string of the molecule is Cc1ccc(F)c(C(=O)C2CC3CCC(C2)O3)c1. The van der Waals surface area contributed by atoms with Crippen molar-refractivity contribution in [2.75, 3.05) is 0 Å². The first-order valence-electron chi connectivity index (χ1n) is 6.59. The second-order valence-electron chi connectivity index (χ2n) is 5.47. The second kappa shape index (κ2) is 4.47. The second-order valence-corrected chi connectivity index (χ2v) is 5.47. The Hall–Kier alpha value is -1.22. The average molecular weight is 248 g/mol. The number of ether oxygens (including phenoxy) is 1. The lowest BCUT2D eigenvalue weighted by atomic mass is 9.87. The van der Waals surface area contributed by atoms with Gasteiger partial charge < -0.3 is 4.74 Å². The van der Waals surface area contributed by atoms with E-state index >= 15 is 0 Å². The van der Waals surface area contributed by atoms with Crippen molar-refractivity contribution < 1.29 is 13.9 Å². The molecule has 0 N–H and O–H groups in total. The Labute approximate surface area is 106 Å². The molecule has 2 unspecified atom stereocenters. The molecular weight excluding hydrogens is 231 g/mol. The van der Waals surface area contributed by atoms with Gasteiger partial charge in [-0.2, -0.15) is 0 Å². The van der Waals surface area contributed by atoms with Crippen molar-refractivity contribution >= 4 is 5.78 Å². The molecule has 2 nitrogen and oxygen atoms in total. The Kier molecular flexibility index (Phi) is 2.94. The van der Waals surface area contributed by atoms with E-state index in [0.29, 0.717) is 0 Å². The van der Waals surface area contributed by atoms with Gasteiger partial charge in [0.1, 0.15) is 5.82 Å². The number of halogens is 1. The fourth-order valence-electron chi connectivity index (χ4n) is 3.12. The van der Waals surface area contributed by atoms with E-state index in [0.717, 1.165) is 31.2 Å². The van der Waals surface area contributed by atoms with Crippen molar-refractivity contribution in [1.29, 1.82) is 0 Å². The van der Waals surface area contributed by atoms with E-state index in [1.165, 1.54) is 6.07 Å². The number of benzene rings is 1. The van der Waals surface area contributed by atoms with Gasteiger partial charge in [-0.1, -0.05) is 11.6 Å². The summed E-state index contributed by atoms with van der Waals surface area (Å²) in [6.07, 6.45) is 4.03. The molecule has 0 radical (unpaired) electrons. The highest BCUT2D eigenvalue weighted by Crippen LogP contribution is 2.37. The summed E-state index contributed by atoms with van der Waals surface area (Å²) in [7, 11) is 0. The summed E-state index contributed by atoms with van der Waals surface area (Å²) in [6.45, 7) is 1.88. The van der Waals surface area contributed by atoms with Crippen LogP contribution in [0.5, 0.6) is 0 Å².